The van der Waals surface area contributed by atoms with Crippen molar-refractivity contribution in [2.24, 2.45) is 0 Å². The van der Waals surface area contributed by atoms with Gasteiger partial charge < -0.3 is 34.2 Å². The molecule has 16 nitrogen and oxygen atoms in total. The minimum absolute atomic E-state index is 0.0915. The van der Waals surface area contributed by atoms with Crippen LogP contribution in [0.3, 0.4) is 0 Å². The van der Waals surface area contributed by atoms with E-state index < -0.39 is 91.5 Å². The van der Waals surface area contributed by atoms with Crippen LogP contribution >= 0.6 is 15.6 Å². The van der Waals surface area contributed by atoms with Crippen LogP contribution in [0.4, 0.5) is 0 Å². The van der Waals surface area contributed by atoms with Gasteiger partial charge in [-0.1, -0.05) is 327 Å². The van der Waals surface area contributed by atoms with Crippen LogP contribution in [0, 0.1) is 0 Å². The number of carbonyl (C=O) groups excluding carboxylic acids is 3. The molecule has 0 aliphatic rings. The molecule has 107 heavy (non-hydrogen) atoms. The van der Waals surface area contributed by atoms with Crippen molar-refractivity contribution >= 4 is 33.6 Å². The summed E-state index contributed by atoms with van der Waals surface area (Å²) in [6.07, 6.45) is 100. The van der Waals surface area contributed by atoms with Crippen molar-refractivity contribution in [1.82, 2.24) is 0 Å². The van der Waals surface area contributed by atoms with Crippen molar-refractivity contribution in [2.75, 3.05) is 39.6 Å². The third kappa shape index (κ3) is 82.2. The molecule has 0 aromatic carbocycles. The molecule has 0 spiro atoms. The molecule has 0 aliphatic heterocycles. The molecule has 0 aliphatic carbocycles. The molecule has 5 unspecified atom stereocenters. The molecular weight excluding hydrogens is 1390 g/mol. The Hall–Kier alpha value is -4.57. The Kier molecular flexibility index (Phi) is 77.5. The smallest absolute Gasteiger partial charge is 0.463 e. The summed E-state index contributed by atoms with van der Waals surface area (Å²) in [6.45, 7) is 2.46. The summed E-state index contributed by atoms with van der Waals surface area (Å²) in [4.78, 5) is 58.8. The largest absolute Gasteiger partial charge is 0.472 e. The monoisotopic (exact) mass is 1540 g/mol. The third-order valence-corrected chi connectivity index (χ3v) is 19.4. The van der Waals surface area contributed by atoms with E-state index in [2.05, 4.69) is 167 Å². The van der Waals surface area contributed by atoms with Crippen LogP contribution in [0.25, 0.3) is 0 Å². The molecule has 0 aromatic rings. The molecule has 5 atom stereocenters. The van der Waals surface area contributed by atoms with E-state index in [0.717, 1.165) is 167 Å². The van der Waals surface area contributed by atoms with E-state index in [-0.39, 0.29) is 19.3 Å². The van der Waals surface area contributed by atoms with Gasteiger partial charge in [-0.25, -0.2) is 9.13 Å². The van der Waals surface area contributed by atoms with E-state index in [1.165, 1.54) is 116 Å². The first-order chi connectivity index (χ1) is 52.2. The van der Waals surface area contributed by atoms with Gasteiger partial charge in [0.1, 0.15) is 25.4 Å². The van der Waals surface area contributed by atoms with E-state index >= 15 is 0 Å². The minimum Gasteiger partial charge on any atom is -0.463 e. The number of phosphoric ester groups is 2. The molecule has 4 N–H and O–H groups in total. The summed E-state index contributed by atoms with van der Waals surface area (Å²) in [5, 5.41) is 20.7. The second-order valence-corrected chi connectivity index (χ2v) is 30.8. The van der Waals surface area contributed by atoms with E-state index in [4.69, 9.17) is 32.3 Å². The summed E-state index contributed by atoms with van der Waals surface area (Å²) >= 11 is 0. The fraction of sp³-hybridized carbons (Fsp3) is 0.697. The maximum atomic E-state index is 13.0. The average molecular weight is 1540 g/mol. The first-order valence-electron chi connectivity index (χ1n) is 42.1. The molecule has 0 aromatic heterocycles. The lowest BCUT2D eigenvalue weighted by Gasteiger charge is -2.21. The second kappa shape index (κ2) is 80.9. The fourth-order valence-corrected chi connectivity index (χ4v) is 12.8. The van der Waals surface area contributed by atoms with Crippen molar-refractivity contribution < 1.29 is 75.8 Å². The molecule has 18 heteroatoms. The van der Waals surface area contributed by atoms with Crippen LogP contribution in [0.1, 0.15) is 342 Å². The lowest BCUT2D eigenvalue weighted by atomic mass is 10.0. The molecular formula is C89H152O16P2. The normalized spacial score (nSPS) is 14.6. The Morgan fingerprint density at radius 1 is 0.271 bits per heavy atom. The number of hydrogen-bond donors (Lipinski definition) is 4. The summed E-state index contributed by atoms with van der Waals surface area (Å²) in [6, 6.07) is 0. The molecule has 0 radical (unpaired) electrons. The summed E-state index contributed by atoms with van der Waals surface area (Å²) in [7, 11) is -9.80. The molecule has 0 amide bonds. The number of ether oxygens (including phenoxy) is 3. The Balaban J connectivity index is 4.52. The molecule has 0 saturated heterocycles. The molecule has 0 saturated carbocycles. The number of hydrogen-bond acceptors (Lipinski definition) is 14. The van der Waals surface area contributed by atoms with Crippen LogP contribution in [-0.2, 0) is 55.8 Å². The molecule has 0 fully saturated rings. The van der Waals surface area contributed by atoms with Gasteiger partial charge in [0.05, 0.1) is 26.4 Å². The number of carbonyl (C=O) groups is 3. The SMILES string of the molecule is CC/C=C\C/C=C\C/C=C\C/C=C\C/C=C\C/C=C\CCCCCCCCCCCCCCC(=O)OCC(O)COP(=O)(O)OCC(O)COP(=O)(O)OCC(COC(=O)CCCCCCCCCCC/C=C\C/C=C\C/C=C\C/C=C\C/C=C\CC)OC(=O)CCCCCCC/C=C\CCCCCCCC. The summed E-state index contributed by atoms with van der Waals surface area (Å²) in [5.74, 6) is -1.59. The van der Waals surface area contributed by atoms with Gasteiger partial charge in [-0.15, -0.1) is 0 Å². The Morgan fingerprint density at radius 2 is 0.495 bits per heavy atom. The van der Waals surface area contributed by atoms with Crippen molar-refractivity contribution in [3.63, 3.8) is 0 Å². The van der Waals surface area contributed by atoms with Gasteiger partial charge in [-0.05, 0) is 141 Å². The first-order valence-corrected chi connectivity index (χ1v) is 45.1. The van der Waals surface area contributed by atoms with Crippen LogP contribution in [-0.4, -0.2) is 95.9 Å². The zero-order chi connectivity index (χ0) is 78.0. The highest BCUT2D eigenvalue weighted by molar-refractivity contribution is 7.47. The van der Waals surface area contributed by atoms with Gasteiger partial charge in [0.2, 0.25) is 0 Å². The van der Waals surface area contributed by atoms with Crippen molar-refractivity contribution in [3.8, 4) is 0 Å². The van der Waals surface area contributed by atoms with Gasteiger partial charge in [0, 0.05) is 19.3 Å². The molecule has 0 bridgehead atoms. The van der Waals surface area contributed by atoms with E-state index in [0.29, 0.717) is 19.3 Å². The maximum absolute atomic E-state index is 13.0. The fourth-order valence-electron chi connectivity index (χ4n) is 11.2. The third-order valence-electron chi connectivity index (χ3n) is 17.5. The lowest BCUT2D eigenvalue weighted by molar-refractivity contribution is -0.161. The second-order valence-electron chi connectivity index (χ2n) is 27.9. The highest BCUT2D eigenvalue weighted by Crippen LogP contribution is 2.45. The predicted molar refractivity (Wildman–Crippen MR) is 445 cm³/mol. The number of allylic oxidation sites excluding steroid dienone is 24. The number of aliphatic hydroxyl groups is 2. The number of phosphoric acid groups is 2. The number of unbranched alkanes of at least 4 members (excludes halogenated alkanes) is 32. The maximum Gasteiger partial charge on any atom is 0.472 e. The van der Waals surface area contributed by atoms with Crippen molar-refractivity contribution in [3.05, 3.63) is 146 Å². The van der Waals surface area contributed by atoms with Crippen LogP contribution in [0.2, 0.25) is 0 Å². The zero-order valence-electron chi connectivity index (χ0n) is 67.3. The Labute approximate surface area is 651 Å². The highest BCUT2D eigenvalue weighted by Gasteiger charge is 2.29. The zero-order valence-corrected chi connectivity index (χ0v) is 69.1. The molecule has 0 heterocycles. The van der Waals surface area contributed by atoms with Crippen LogP contribution < -0.4 is 0 Å². The van der Waals surface area contributed by atoms with E-state index in [9.17, 15) is 43.5 Å². The minimum atomic E-state index is -4.94. The van der Waals surface area contributed by atoms with Gasteiger partial charge in [-0.2, -0.15) is 0 Å². The van der Waals surface area contributed by atoms with Gasteiger partial charge in [0.25, 0.3) is 0 Å². The van der Waals surface area contributed by atoms with Crippen molar-refractivity contribution in [2.45, 2.75) is 360 Å². The van der Waals surface area contributed by atoms with E-state index in [1.807, 2.05) is 0 Å². The van der Waals surface area contributed by atoms with Gasteiger partial charge in [0.15, 0.2) is 6.10 Å². The summed E-state index contributed by atoms with van der Waals surface area (Å²) in [5.41, 5.74) is 0. The Morgan fingerprint density at radius 3 is 0.794 bits per heavy atom. The highest BCUT2D eigenvalue weighted by atomic mass is 31.2. The number of aliphatic hydroxyl groups excluding tert-OH is 2. The average Bonchev–Trinajstić information content (AvgIpc) is 0.906. The predicted octanol–water partition coefficient (Wildman–Crippen LogP) is 25.2. The molecule has 614 valence electrons. The lowest BCUT2D eigenvalue weighted by Crippen LogP contribution is -2.30. The van der Waals surface area contributed by atoms with Crippen LogP contribution in [0.15, 0.2) is 146 Å². The number of rotatable bonds is 79. The van der Waals surface area contributed by atoms with Crippen molar-refractivity contribution in [1.29, 1.82) is 0 Å². The Bertz CT molecular complexity index is 2530. The summed E-state index contributed by atoms with van der Waals surface area (Å²) < 4.78 is 61.3. The van der Waals surface area contributed by atoms with Gasteiger partial charge in [-0.3, -0.25) is 32.5 Å². The quantitative estimate of drug-likeness (QED) is 0.0146. The van der Waals surface area contributed by atoms with E-state index in [1.54, 1.807) is 0 Å². The van der Waals surface area contributed by atoms with Gasteiger partial charge >= 0.3 is 33.6 Å². The number of esters is 3. The first kappa shape index (κ1) is 102. The topological polar surface area (TPSA) is 231 Å². The van der Waals surface area contributed by atoms with Crippen LogP contribution in [0.5, 0.6) is 0 Å². The molecule has 0 rings (SSSR count). The standard InChI is InChI=1S/C89H152O16P2/c1-4-7-10-13-16-19-22-25-28-30-32-34-36-38-39-40-41-42-43-45-47-48-50-52-55-57-60-63-66-69-72-75-87(92)99-78-84(90)79-101-106(95,96)102-80-85(91)81-103-107(97,98)104-83-86(105-89(94)77-74-71-68-65-62-59-54-27-24-21-18-15-12-9-6-3)82-100-88(93)76-73-70-67-64-61-58-56-53-51-49-46-44-37-35-33-31-29-26-23-20-17-14-11-8-5-2/h7-8,10-11,16-17,19-20,25-29,32-35,38-39,41-42,44,46,54,84-86,90-91H,4-6,9,12-15,18,21-24,30-31,36-37,40,43,45,47-53,55-83H2,1-3H3,(H,95,96)(H,97,98)/b10-7-,11-8-,19-16-,20-17-,28-25-,29-26-,34-32-,35-33-,39-38-,42-41-,46-44-,54-27-.